The minimum Gasteiger partial charge on any atom is -0.508 e. The first-order valence-electron chi connectivity index (χ1n) is 6.80. The molecule has 0 unspecified atom stereocenters. The van der Waals surface area contributed by atoms with Crippen molar-refractivity contribution in [1.82, 2.24) is 4.90 Å². The van der Waals surface area contributed by atoms with Gasteiger partial charge in [0.15, 0.2) is 0 Å². The van der Waals surface area contributed by atoms with Crippen LogP contribution in [0.3, 0.4) is 0 Å². The molecule has 0 radical (unpaired) electrons. The van der Waals surface area contributed by atoms with E-state index < -0.39 is 0 Å². The second kappa shape index (κ2) is 7.79. The molecule has 1 rings (SSSR count). The monoisotopic (exact) mass is 265 g/mol. The Balaban J connectivity index is 2.76. The molecule has 19 heavy (non-hydrogen) atoms. The summed E-state index contributed by atoms with van der Waals surface area (Å²) in [7, 11) is 0. The Hall–Kier alpha value is -1.55. The van der Waals surface area contributed by atoms with Gasteiger partial charge in [-0.2, -0.15) is 0 Å². The Bertz CT molecular complexity index is 402. The predicted molar refractivity (Wildman–Crippen MR) is 75.0 cm³/mol. The van der Waals surface area contributed by atoms with Crippen molar-refractivity contribution in [2.24, 2.45) is 0 Å². The molecule has 4 heteroatoms. The smallest absolute Gasteiger partial charge is 0.227 e. The second-order valence-corrected chi connectivity index (χ2v) is 4.63. The number of aliphatic hydroxyl groups is 1. The molecule has 106 valence electrons. The van der Waals surface area contributed by atoms with Gasteiger partial charge in [0.2, 0.25) is 5.91 Å². The van der Waals surface area contributed by atoms with Crippen molar-refractivity contribution in [2.75, 3.05) is 13.2 Å². The van der Waals surface area contributed by atoms with Crippen LogP contribution in [0.4, 0.5) is 0 Å². The number of hydrogen-bond donors (Lipinski definition) is 2. The van der Waals surface area contributed by atoms with Crippen molar-refractivity contribution in [2.45, 2.75) is 39.2 Å². The summed E-state index contributed by atoms with van der Waals surface area (Å²) in [5, 5.41) is 18.5. The van der Waals surface area contributed by atoms with E-state index in [0.29, 0.717) is 6.54 Å². The Morgan fingerprint density at radius 2 is 2.00 bits per heavy atom. The molecule has 0 spiro atoms. The zero-order valence-electron chi connectivity index (χ0n) is 11.7. The lowest BCUT2D eigenvalue weighted by atomic mass is 10.1. The summed E-state index contributed by atoms with van der Waals surface area (Å²) in [5.41, 5.74) is 0.791. The van der Waals surface area contributed by atoms with Gasteiger partial charge >= 0.3 is 0 Å². The summed E-state index contributed by atoms with van der Waals surface area (Å²) in [6.07, 6.45) is 2.01. The molecule has 0 saturated heterocycles. The number of carbonyl (C=O) groups excluding carboxylic acids is 1. The van der Waals surface area contributed by atoms with Crippen molar-refractivity contribution >= 4 is 5.91 Å². The largest absolute Gasteiger partial charge is 0.508 e. The minimum atomic E-state index is -0.0255. The molecule has 0 bridgehead atoms. The van der Waals surface area contributed by atoms with E-state index in [0.717, 1.165) is 18.4 Å². The fourth-order valence-electron chi connectivity index (χ4n) is 2.29. The Kier molecular flexibility index (Phi) is 6.36. The average molecular weight is 265 g/mol. The molecule has 0 heterocycles. The maximum absolute atomic E-state index is 12.3. The maximum Gasteiger partial charge on any atom is 0.227 e. The Morgan fingerprint density at radius 3 is 2.53 bits per heavy atom. The van der Waals surface area contributed by atoms with E-state index in [4.69, 9.17) is 5.11 Å². The fraction of sp³-hybridized carbons (Fsp3) is 0.533. The molecule has 0 aromatic heterocycles. The molecule has 0 aliphatic rings. The summed E-state index contributed by atoms with van der Waals surface area (Å²) in [5.74, 6) is 0.162. The third-order valence-electron chi connectivity index (χ3n) is 3.31. The highest BCUT2D eigenvalue weighted by Gasteiger charge is 2.20. The number of carbonyl (C=O) groups is 1. The van der Waals surface area contributed by atoms with E-state index in [9.17, 15) is 9.90 Å². The van der Waals surface area contributed by atoms with E-state index >= 15 is 0 Å². The molecule has 0 atom stereocenters. The molecule has 1 aromatic rings. The van der Waals surface area contributed by atoms with Gasteiger partial charge in [0.1, 0.15) is 5.75 Å². The van der Waals surface area contributed by atoms with Gasteiger partial charge in [-0.05, 0) is 30.5 Å². The van der Waals surface area contributed by atoms with Crippen LogP contribution in [-0.2, 0) is 11.2 Å². The number of nitrogens with zero attached hydrogens (tertiary/aromatic N) is 1. The van der Waals surface area contributed by atoms with Crippen molar-refractivity contribution < 1.29 is 15.0 Å². The molecular formula is C15H23NO3. The van der Waals surface area contributed by atoms with Crippen LogP contribution in [0.2, 0.25) is 0 Å². The molecule has 0 aliphatic carbocycles. The normalized spacial score (nSPS) is 10.7. The Labute approximate surface area is 114 Å². The van der Waals surface area contributed by atoms with Gasteiger partial charge in [0.05, 0.1) is 13.0 Å². The number of hydrogen-bond acceptors (Lipinski definition) is 3. The number of aromatic hydroxyl groups is 1. The Morgan fingerprint density at radius 1 is 1.32 bits per heavy atom. The third-order valence-corrected chi connectivity index (χ3v) is 3.31. The van der Waals surface area contributed by atoms with Crippen LogP contribution in [-0.4, -0.2) is 40.2 Å². The fourth-order valence-corrected chi connectivity index (χ4v) is 2.29. The third kappa shape index (κ3) is 4.56. The van der Waals surface area contributed by atoms with E-state index in [1.54, 1.807) is 23.1 Å². The lowest BCUT2D eigenvalue weighted by molar-refractivity contribution is -0.133. The van der Waals surface area contributed by atoms with Gasteiger partial charge in [-0.25, -0.2) is 0 Å². The highest BCUT2D eigenvalue weighted by atomic mass is 16.3. The topological polar surface area (TPSA) is 60.8 Å². The van der Waals surface area contributed by atoms with Gasteiger partial charge in [-0.15, -0.1) is 0 Å². The van der Waals surface area contributed by atoms with Crippen LogP contribution in [0.25, 0.3) is 0 Å². The van der Waals surface area contributed by atoms with E-state index in [-0.39, 0.29) is 30.7 Å². The maximum atomic E-state index is 12.3. The summed E-state index contributed by atoms with van der Waals surface area (Å²) in [4.78, 5) is 14.0. The summed E-state index contributed by atoms with van der Waals surface area (Å²) >= 11 is 0. The summed E-state index contributed by atoms with van der Waals surface area (Å²) < 4.78 is 0. The van der Waals surface area contributed by atoms with Crippen LogP contribution in [0.5, 0.6) is 5.75 Å². The molecule has 0 fully saturated rings. The van der Waals surface area contributed by atoms with Crippen LogP contribution in [0, 0.1) is 0 Å². The summed E-state index contributed by atoms with van der Waals surface area (Å²) in [6.45, 7) is 4.42. The number of rotatable bonds is 7. The van der Waals surface area contributed by atoms with E-state index in [1.165, 1.54) is 0 Å². The molecule has 4 nitrogen and oxygen atoms in total. The zero-order valence-corrected chi connectivity index (χ0v) is 11.7. The van der Waals surface area contributed by atoms with Gasteiger partial charge < -0.3 is 15.1 Å². The lowest BCUT2D eigenvalue weighted by Gasteiger charge is -2.30. The number of phenols is 1. The molecule has 0 aliphatic heterocycles. The van der Waals surface area contributed by atoms with Crippen molar-refractivity contribution in [3.05, 3.63) is 29.8 Å². The van der Waals surface area contributed by atoms with E-state index in [1.807, 2.05) is 19.9 Å². The van der Waals surface area contributed by atoms with Crippen molar-refractivity contribution in [3.63, 3.8) is 0 Å². The van der Waals surface area contributed by atoms with Crippen LogP contribution >= 0.6 is 0 Å². The number of phenolic OH excluding ortho intramolecular Hbond substituents is 1. The van der Waals surface area contributed by atoms with Gasteiger partial charge in [-0.3, -0.25) is 4.79 Å². The van der Waals surface area contributed by atoms with Crippen molar-refractivity contribution in [3.8, 4) is 5.75 Å². The van der Waals surface area contributed by atoms with Gasteiger partial charge in [-0.1, -0.05) is 26.0 Å². The van der Waals surface area contributed by atoms with Gasteiger partial charge in [0.25, 0.3) is 0 Å². The number of amides is 1. The number of aliphatic hydroxyl groups excluding tert-OH is 1. The first kappa shape index (κ1) is 15.5. The lowest BCUT2D eigenvalue weighted by Crippen LogP contribution is -2.42. The molecule has 1 amide bonds. The minimum absolute atomic E-state index is 0.00616. The highest BCUT2D eigenvalue weighted by Crippen LogP contribution is 2.15. The van der Waals surface area contributed by atoms with Crippen LogP contribution in [0.15, 0.2) is 24.3 Å². The zero-order chi connectivity index (χ0) is 14.3. The van der Waals surface area contributed by atoms with Crippen molar-refractivity contribution in [1.29, 1.82) is 0 Å². The molecular weight excluding hydrogens is 242 g/mol. The average Bonchev–Trinajstić information content (AvgIpc) is 2.39. The molecule has 2 N–H and O–H groups in total. The highest BCUT2D eigenvalue weighted by molar-refractivity contribution is 5.79. The quantitative estimate of drug-likeness (QED) is 0.792. The predicted octanol–water partition coefficient (Wildman–Crippen LogP) is 1.94. The first-order chi connectivity index (χ1) is 9.12. The van der Waals surface area contributed by atoms with Gasteiger partial charge in [0, 0.05) is 12.6 Å². The first-order valence-corrected chi connectivity index (χ1v) is 6.80. The standard InChI is InChI=1S/C15H23NO3/c1-3-13(4-2)16(8-9-17)15(19)11-12-6-5-7-14(18)10-12/h5-7,10,13,17-18H,3-4,8-9,11H2,1-2H3. The number of benzene rings is 1. The SMILES string of the molecule is CCC(CC)N(CCO)C(=O)Cc1cccc(O)c1. The molecule has 0 saturated carbocycles. The van der Waals surface area contributed by atoms with Crippen LogP contribution < -0.4 is 0 Å². The summed E-state index contributed by atoms with van der Waals surface area (Å²) in [6, 6.07) is 6.90. The van der Waals surface area contributed by atoms with Crippen LogP contribution in [0.1, 0.15) is 32.3 Å². The second-order valence-electron chi connectivity index (χ2n) is 4.63. The molecule has 1 aromatic carbocycles. The van der Waals surface area contributed by atoms with E-state index in [2.05, 4.69) is 0 Å².